The Labute approximate surface area is 189 Å². The molecule has 4 rings (SSSR count). The Morgan fingerprint density at radius 2 is 1.62 bits per heavy atom. The summed E-state index contributed by atoms with van der Waals surface area (Å²) in [6.45, 7) is 4.82. The van der Waals surface area contributed by atoms with Crippen LogP contribution in [0.5, 0.6) is 0 Å². The van der Waals surface area contributed by atoms with E-state index in [1.54, 1.807) is 30.9 Å². The third kappa shape index (κ3) is 4.32. The monoisotopic (exact) mass is 477 g/mol. The molecule has 1 aliphatic heterocycles. The van der Waals surface area contributed by atoms with Gasteiger partial charge < -0.3 is 4.90 Å². The van der Waals surface area contributed by atoms with Crippen molar-refractivity contribution in [2.75, 3.05) is 24.5 Å². The van der Waals surface area contributed by atoms with E-state index in [2.05, 4.69) is 4.72 Å². The van der Waals surface area contributed by atoms with Crippen molar-refractivity contribution in [3.05, 3.63) is 53.6 Å². The third-order valence-electron chi connectivity index (χ3n) is 5.85. The largest absolute Gasteiger partial charge is 0.308 e. The molecule has 2 aromatic rings. The van der Waals surface area contributed by atoms with Gasteiger partial charge in [0, 0.05) is 36.9 Å². The van der Waals surface area contributed by atoms with Crippen LogP contribution in [-0.2, 0) is 26.5 Å². The molecule has 0 radical (unpaired) electrons. The minimum Gasteiger partial charge on any atom is -0.308 e. The van der Waals surface area contributed by atoms with Crippen LogP contribution < -0.4 is 9.62 Å². The molecule has 1 heterocycles. The zero-order valence-corrected chi connectivity index (χ0v) is 19.7. The summed E-state index contributed by atoms with van der Waals surface area (Å²) >= 11 is 0. The highest BCUT2D eigenvalue weighted by atomic mass is 32.2. The van der Waals surface area contributed by atoms with E-state index < -0.39 is 20.0 Å². The topological polar surface area (TPSA) is 104 Å². The summed E-state index contributed by atoms with van der Waals surface area (Å²) in [5.41, 5.74) is 1.86. The zero-order valence-electron chi connectivity index (χ0n) is 18.1. The maximum absolute atomic E-state index is 13.1. The predicted molar refractivity (Wildman–Crippen MR) is 122 cm³/mol. The number of anilines is 1. The lowest BCUT2D eigenvalue weighted by molar-refractivity contribution is 0.0989. The van der Waals surface area contributed by atoms with Crippen LogP contribution in [0.15, 0.2) is 52.3 Å². The van der Waals surface area contributed by atoms with Crippen LogP contribution >= 0.6 is 0 Å². The van der Waals surface area contributed by atoms with Crippen molar-refractivity contribution in [1.82, 2.24) is 9.03 Å². The van der Waals surface area contributed by atoms with Crippen LogP contribution in [0.25, 0.3) is 0 Å². The van der Waals surface area contributed by atoms with Crippen molar-refractivity contribution in [2.45, 2.75) is 48.9 Å². The van der Waals surface area contributed by atoms with Gasteiger partial charge in [0.1, 0.15) is 0 Å². The highest BCUT2D eigenvalue weighted by Crippen LogP contribution is 2.32. The molecule has 172 valence electrons. The molecular formula is C22H27N3O5S2. The van der Waals surface area contributed by atoms with E-state index >= 15 is 0 Å². The van der Waals surface area contributed by atoms with E-state index in [-0.39, 0.29) is 21.7 Å². The Morgan fingerprint density at radius 3 is 2.22 bits per heavy atom. The molecule has 0 spiro atoms. The van der Waals surface area contributed by atoms with Crippen LogP contribution in [-0.4, -0.2) is 52.7 Å². The number of carbonyl (C=O) groups excluding carboxylic acids is 1. The summed E-state index contributed by atoms with van der Waals surface area (Å²) in [6, 6.07) is 10.8. The fourth-order valence-corrected chi connectivity index (χ4v) is 6.70. The summed E-state index contributed by atoms with van der Waals surface area (Å²) in [5, 5.41) is 0. The van der Waals surface area contributed by atoms with Gasteiger partial charge in [-0.05, 0) is 67.3 Å². The van der Waals surface area contributed by atoms with Gasteiger partial charge in [-0.1, -0.05) is 13.8 Å². The van der Waals surface area contributed by atoms with Crippen LogP contribution in [0.1, 0.15) is 42.6 Å². The minimum atomic E-state index is -3.57. The van der Waals surface area contributed by atoms with Gasteiger partial charge in [0.15, 0.2) is 0 Å². The molecule has 1 N–H and O–H groups in total. The minimum absolute atomic E-state index is 0.0119. The standard InChI is InChI=1S/C22H27N3O5S2/c1-3-24(4-2)32(29,30)20-11-12-21-17(15-20)13-14-25(21)22(26)16-5-9-19(10-6-16)31(27,28)23-18-7-8-18/h5-6,9-12,15,18,23H,3-4,7-8,13-14H2,1-2H3. The molecule has 2 aromatic carbocycles. The van der Waals surface area contributed by atoms with Gasteiger partial charge in [-0.15, -0.1) is 0 Å². The van der Waals surface area contributed by atoms with E-state index in [4.69, 9.17) is 0 Å². The second kappa shape index (κ2) is 8.58. The molecule has 1 aliphatic carbocycles. The molecule has 8 nitrogen and oxygen atoms in total. The number of amides is 1. The molecule has 2 aliphatic rings. The first kappa shape index (κ1) is 22.9. The summed E-state index contributed by atoms with van der Waals surface area (Å²) in [7, 11) is -7.14. The average Bonchev–Trinajstić information content (AvgIpc) is 3.47. The molecule has 0 saturated heterocycles. The first-order valence-corrected chi connectivity index (χ1v) is 13.7. The van der Waals surface area contributed by atoms with E-state index in [0.717, 1.165) is 18.4 Å². The Kier molecular flexibility index (Phi) is 6.15. The fraction of sp³-hybridized carbons (Fsp3) is 0.409. The highest BCUT2D eigenvalue weighted by Gasteiger charge is 2.30. The molecule has 32 heavy (non-hydrogen) atoms. The first-order valence-electron chi connectivity index (χ1n) is 10.7. The lowest BCUT2D eigenvalue weighted by atomic mass is 10.1. The van der Waals surface area contributed by atoms with E-state index in [9.17, 15) is 21.6 Å². The quantitative estimate of drug-likeness (QED) is 0.629. The number of hydrogen-bond donors (Lipinski definition) is 1. The molecule has 1 fully saturated rings. The second-order valence-electron chi connectivity index (χ2n) is 8.01. The number of fused-ring (bicyclic) bond motifs is 1. The molecular weight excluding hydrogens is 450 g/mol. The SMILES string of the molecule is CCN(CC)S(=O)(=O)c1ccc2c(c1)CCN2C(=O)c1ccc(S(=O)(=O)NC2CC2)cc1. The summed E-state index contributed by atoms with van der Waals surface area (Å²) in [4.78, 5) is 15.0. The van der Waals surface area contributed by atoms with Gasteiger partial charge in [0.05, 0.1) is 9.79 Å². The molecule has 0 bridgehead atoms. The number of rotatable bonds is 8. The number of nitrogens with one attached hydrogen (secondary N) is 1. The Balaban J connectivity index is 1.55. The fourth-order valence-electron chi connectivity index (χ4n) is 3.88. The van der Waals surface area contributed by atoms with Gasteiger partial charge in [-0.25, -0.2) is 21.6 Å². The average molecular weight is 478 g/mol. The first-order chi connectivity index (χ1) is 15.2. The van der Waals surface area contributed by atoms with Crippen molar-refractivity contribution >= 4 is 31.6 Å². The van der Waals surface area contributed by atoms with Gasteiger partial charge in [-0.2, -0.15) is 4.31 Å². The van der Waals surface area contributed by atoms with Crippen LogP contribution in [0.4, 0.5) is 5.69 Å². The number of benzene rings is 2. The van der Waals surface area contributed by atoms with Crippen LogP contribution in [0.2, 0.25) is 0 Å². The highest BCUT2D eigenvalue weighted by molar-refractivity contribution is 7.89. The molecule has 10 heteroatoms. The van der Waals surface area contributed by atoms with Gasteiger partial charge in [-0.3, -0.25) is 4.79 Å². The normalized spacial score (nSPS) is 16.4. The Bertz CT molecular complexity index is 1230. The molecule has 0 atom stereocenters. The Morgan fingerprint density at radius 1 is 1.00 bits per heavy atom. The van der Waals surface area contributed by atoms with Crippen LogP contribution in [0.3, 0.4) is 0 Å². The second-order valence-corrected chi connectivity index (χ2v) is 11.7. The van der Waals surface area contributed by atoms with E-state index in [1.807, 2.05) is 0 Å². The van der Waals surface area contributed by atoms with Crippen molar-refractivity contribution in [3.8, 4) is 0 Å². The lowest BCUT2D eigenvalue weighted by Crippen LogP contribution is -2.31. The number of hydrogen-bond acceptors (Lipinski definition) is 5. The van der Waals surface area contributed by atoms with E-state index in [1.165, 1.54) is 34.6 Å². The van der Waals surface area contributed by atoms with Crippen molar-refractivity contribution in [3.63, 3.8) is 0 Å². The van der Waals surface area contributed by atoms with Crippen molar-refractivity contribution in [2.24, 2.45) is 0 Å². The molecule has 1 amide bonds. The maximum Gasteiger partial charge on any atom is 0.258 e. The number of nitrogens with zero attached hydrogens (tertiary/aromatic N) is 2. The Hall–Kier alpha value is -2.27. The number of carbonyl (C=O) groups is 1. The summed E-state index contributed by atoms with van der Waals surface area (Å²) < 4.78 is 54.3. The van der Waals surface area contributed by atoms with Gasteiger partial charge in [0.2, 0.25) is 20.0 Å². The maximum atomic E-state index is 13.1. The zero-order chi connectivity index (χ0) is 23.1. The smallest absolute Gasteiger partial charge is 0.258 e. The summed E-state index contributed by atoms with van der Waals surface area (Å²) in [6.07, 6.45) is 2.25. The van der Waals surface area contributed by atoms with Crippen molar-refractivity contribution in [1.29, 1.82) is 0 Å². The van der Waals surface area contributed by atoms with E-state index in [0.29, 0.717) is 37.3 Å². The van der Waals surface area contributed by atoms with Gasteiger partial charge in [0.25, 0.3) is 5.91 Å². The number of sulfonamides is 2. The molecule has 1 saturated carbocycles. The van der Waals surface area contributed by atoms with Crippen molar-refractivity contribution < 1.29 is 21.6 Å². The third-order valence-corrected chi connectivity index (χ3v) is 9.43. The lowest BCUT2D eigenvalue weighted by Gasteiger charge is -2.20. The van der Waals surface area contributed by atoms with Gasteiger partial charge >= 0.3 is 0 Å². The molecule has 0 aromatic heterocycles. The van der Waals surface area contributed by atoms with Crippen LogP contribution in [0, 0.1) is 0 Å². The summed E-state index contributed by atoms with van der Waals surface area (Å²) in [5.74, 6) is -0.248. The molecule has 0 unspecified atom stereocenters. The predicted octanol–water partition coefficient (Wildman–Crippen LogP) is 2.36.